The molecule has 156 valence electrons. The lowest BCUT2D eigenvalue weighted by molar-refractivity contribution is -0.138. The highest BCUT2D eigenvalue weighted by Crippen LogP contribution is 2.35. The van der Waals surface area contributed by atoms with Gasteiger partial charge in [0, 0.05) is 13.1 Å². The van der Waals surface area contributed by atoms with Gasteiger partial charge in [0.1, 0.15) is 11.5 Å². The summed E-state index contributed by atoms with van der Waals surface area (Å²) in [4.78, 5) is 30.3. The van der Waals surface area contributed by atoms with Crippen LogP contribution in [0.4, 0.5) is 4.39 Å². The van der Waals surface area contributed by atoms with Crippen LogP contribution in [0.5, 0.6) is 0 Å². The van der Waals surface area contributed by atoms with Crippen molar-refractivity contribution in [3.63, 3.8) is 0 Å². The molecule has 2 heterocycles. The highest BCUT2D eigenvalue weighted by Gasteiger charge is 2.42. The fraction of sp³-hybridized carbons (Fsp3) is 0.360. The van der Waals surface area contributed by atoms with Gasteiger partial charge in [0.15, 0.2) is 0 Å². The first-order valence-corrected chi connectivity index (χ1v) is 10.5. The van der Waals surface area contributed by atoms with Crippen molar-refractivity contribution in [3.8, 4) is 0 Å². The highest BCUT2D eigenvalue weighted by atomic mass is 19.1. The number of nitrogens with zero attached hydrogens (tertiary/aromatic N) is 2. The zero-order valence-electron chi connectivity index (χ0n) is 17.7. The summed E-state index contributed by atoms with van der Waals surface area (Å²) in [5.41, 5.74) is 4.74. The fourth-order valence-corrected chi connectivity index (χ4v) is 4.16. The van der Waals surface area contributed by atoms with Crippen molar-refractivity contribution in [2.75, 3.05) is 13.1 Å². The average Bonchev–Trinajstić information content (AvgIpc) is 2.97. The van der Waals surface area contributed by atoms with Gasteiger partial charge in [0.2, 0.25) is 0 Å². The van der Waals surface area contributed by atoms with Gasteiger partial charge >= 0.3 is 0 Å². The van der Waals surface area contributed by atoms with Gasteiger partial charge in [-0.2, -0.15) is 0 Å². The predicted octanol–water partition coefficient (Wildman–Crippen LogP) is 4.45. The monoisotopic (exact) mass is 406 g/mol. The molecule has 0 saturated carbocycles. The van der Waals surface area contributed by atoms with Crippen LogP contribution in [0.15, 0.2) is 48.2 Å². The number of amides is 2. The number of piperidine rings is 1. The Morgan fingerprint density at radius 1 is 0.933 bits per heavy atom. The molecule has 0 aromatic heterocycles. The molecular formula is C25H27FN2O2. The first kappa shape index (κ1) is 20.3. The van der Waals surface area contributed by atoms with Crippen LogP contribution in [0.2, 0.25) is 0 Å². The standard InChI is InChI=1S/C25H27FN2O2/c1-16-10-12-27(13-11-16)23-22(20-7-4-17(2)18(3)14-20)24(29)28(25(23)30)15-19-5-8-21(26)9-6-19/h4-9,14,16H,10-13,15H2,1-3H3. The van der Waals surface area contributed by atoms with Crippen LogP contribution in [-0.4, -0.2) is 34.7 Å². The van der Waals surface area contributed by atoms with E-state index in [-0.39, 0.29) is 24.2 Å². The van der Waals surface area contributed by atoms with E-state index >= 15 is 0 Å². The van der Waals surface area contributed by atoms with Crippen LogP contribution in [0, 0.1) is 25.6 Å². The lowest BCUT2D eigenvalue weighted by Gasteiger charge is -2.32. The zero-order valence-corrected chi connectivity index (χ0v) is 17.7. The number of aryl methyl sites for hydroxylation is 2. The quantitative estimate of drug-likeness (QED) is 0.704. The summed E-state index contributed by atoms with van der Waals surface area (Å²) >= 11 is 0. The van der Waals surface area contributed by atoms with Gasteiger partial charge in [-0.25, -0.2) is 4.39 Å². The Labute approximate surface area is 177 Å². The molecule has 0 spiro atoms. The number of hydrogen-bond donors (Lipinski definition) is 0. The van der Waals surface area contributed by atoms with E-state index in [9.17, 15) is 14.0 Å². The van der Waals surface area contributed by atoms with Crippen molar-refractivity contribution in [2.24, 2.45) is 5.92 Å². The second-order valence-corrected chi connectivity index (χ2v) is 8.52. The number of imide groups is 1. The van der Waals surface area contributed by atoms with E-state index in [1.807, 2.05) is 32.0 Å². The number of benzene rings is 2. The highest BCUT2D eigenvalue weighted by molar-refractivity contribution is 6.35. The number of likely N-dealkylation sites (tertiary alicyclic amines) is 1. The SMILES string of the molecule is Cc1ccc(C2=C(N3CCC(C)CC3)C(=O)N(Cc3ccc(F)cc3)C2=O)cc1C. The third-order valence-electron chi connectivity index (χ3n) is 6.29. The van der Waals surface area contributed by atoms with Crippen molar-refractivity contribution in [2.45, 2.75) is 40.2 Å². The molecule has 30 heavy (non-hydrogen) atoms. The summed E-state index contributed by atoms with van der Waals surface area (Å²) in [5.74, 6) is -0.252. The molecule has 2 aliphatic rings. The largest absolute Gasteiger partial charge is 0.366 e. The number of hydrogen-bond acceptors (Lipinski definition) is 3. The minimum Gasteiger partial charge on any atom is -0.366 e. The number of rotatable bonds is 4. The first-order chi connectivity index (χ1) is 14.3. The summed E-state index contributed by atoms with van der Waals surface area (Å²) in [5, 5.41) is 0. The van der Waals surface area contributed by atoms with Gasteiger partial charge < -0.3 is 4.90 Å². The number of halogens is 1. The summed E-state index contributed by atoms with van der Waals surface area (Å²) in [6.45, 7) is 7.95. The van der Waals surface area contributed by atoms with Gasteiger partial charge in [0.25, 0.3) is 11.8 Å². The summed E-state index contributed by atoms with van der Waals surface area (Å²) < 4.78 is 13.3. The normalized spacial score (nSPS) is 18.0. The van der Waals surface area contributed by atoms with Crippen LogP contribution in [0.25, 0.3) is 5.57 Å². The molecule has 4 nitrogen and oxygen atoms in total. The van der Waals surface area contributed by atoms with E-state index in [2.05, 4.69) is 11.8 Å². The van der Waals surface area contributed by atoms with E-state index in [1.165, 1.54) is 17.0 Å². The molecule has 2 aromatic carbocycles. The smallest absolute Gasteiger partial charge is 0.278 e. The van der Waals surface area contributed by atoms with Gasteiger partial charge in [-0.1, -0.05) is 37.3 Å². The van der Waals surface area contributed by atoms with Gasteiger partial charge in [-0.15, -0.1) is 0 Å². The minimum absolute atomic E-state index is 0.139. The van der Waals surface area contributed by atoms with E-state index < -0.39 is 0 Å². The third kappa shape index (κ3) is 3.76. The van der Waals surface area contributed by atoms with E-state index in [1.54, 1.807) is 12.1 Å². The predicted molar refractivity (Wildman–Crippen MR) is 115 cm³/mol. The molecule has 0 unspecified atom stereocenters. The van der Waals surface area contributed by atoms with E-state index in [0.717, 1.165) is 48.2 Å². The summed E-state index contributed by atoms with van der Waals surface area (Å²) in [6.07, 6.45) is 2.01. The number of carbonyl (C=O) groups is 2. The molecule has 5 heteroatoms. The van der Waals surface area contributed by atoms with E-state index in [4.69, 9.17) is 0 Å². The number of carbonyl (C=O) groups excluding carboxylic acids is 2. The van der Waals surface area contributed by atoms with Crippen LogP contribution in [0.1, 0.15) is 42.0 Å². The Bertz CT molecular complexity index is 1020. The van der Waals surface area contributed by atoms with Crippen molar-refractivity contribution in [3.05, 3.63) is 76.2 Å². The summed E-state index contributed by atoms with van der Waals surface area (Å²) in [7, 11) is 0. The molecule has 1 fully saturated rings. The van der Waals surface area contributed by atoms with E-state index in [0.29, 0.717) is 17.2 Å². The van der Waals surface area contributed by atoms with Crippen molar-refractivity contribution in [1.29, 1.82) is 0 Å². The molecule has 2 aromatic rings. The van der Waals surface area contributed by atoms with Crippen LogP contribution in [0.3, 0.4) is 0 Å². The summed E-state index contributed by atoms with van der Waals surface area (Å²) in [6, 6.07) is 11.9. The average molecular weight is 407 g/mol. The topological polar surface area (TPSA) is 40.6 Å². The first-order valence-electron chi connectivity index (χ1n) is 10.5. The third-order valence-corrected chi connectivity index (χ3v) is 6.29. The van der Waals surface area contributed by atoms with Gasteiger partial charge in [0.05, 0.1) is 12.1 Å². The molecule has 0 radical (unpaired) electrons. The Morgan fingerprint density at radius 2 is 1.60 bits per heavy atom. The van der Waals surface area contributed by atoms with Crippen molar-refractivity contribution < 1.29 is 14.0 Å². The second kappa shape index (κ2) is 8.05. The molecule has 0 bridgehead atoms. The Hall–Kier alpha value is -2.95. The molecule has 2 amide bonds. The molecule has 0 aliphatic carbocycles. The zero-order chi connectivity index (χ0) is 21.4. The fourth-order valence-electron chi connectivity index (χ4n) is 4.16. The maximum absolute atomic E-state index is 13.4. The Balaban J connectivity index is 1.73. The minimum atomic E-state index is -0.338. The lowest BCUT2D eigenvalue weighted by atomic mass is 9.96. The van der Waals surface area contributed by atoms with Crippen LogP contribution < -0.4 is 0 Å². The molecule has 4 rings (SSSR count). The second-order valence-electron chi connectivity index (χ2n) is 8.52. The van der Waals surface area contributed by atoms with Crippen LogP contribution >= 0.6 is 0 Å². The molecule has 0 atom stereocenters. The molecular weight excluding hydrogens is 379 g/mol. The van der Waals surface area contributed by atoms with Crippen LogP contribution in [-0.2, 0) is 16.1 Å². The lowest BCUT2D eigenvalue weighted by Crippen LogP contribution is -2.38. The van der Waals surface area contributed by atoms with Gasteiger partial charge in [-0.3, -0.25) is 14.5 Å². The van der Waals surface area contributed by atoms with Crippen molar-refractivity contribution in [1.82, 2.24) is 9.80 Å². The molecule has 1 saturated heterocycles. The Kier molecular flexibility index (Phi) is 5.46. The van der Waals surface area contributed by atoms with Gasteiger partial charge in [-0.05, 0) is 67.0 Å². The molecule has 0 N–H and O–H groups in total. The maximum atomic E-state index is 13.4. The van der Waals surface area contributed by atoms with Crippen molar-refractivity contribution >= 4 is 17.4 Å². The molecule has 2 aliphatic heterocycles. The maximum Gasteiger partial charge on any atom is 0.278 e. The Morgan fingerprint density at radius 3 is 2.23 bits per heavy atom.